The number of carbonyl (C=O) groups is 1. The molecule has 3 heterocycles. The van der Waals surface area contributed by atoms with Gasteiger partial charge in [-0.15, -0.1) is 0 Å². The van der Waals surface area contributed by atoms with Gasteiger partial charge in [0.1, 0.15) is 0 Å². The van der Waals surface area contributed by atoms with Gasteiger partial charge in [-0.1, -0.05) is 53.5 Å². The first-order chi connectivity index (χ1) is 20.2. The number of piperidine rings is 1. The van der Waals surface area contributed by atoms with Crippen molar-refractivity contribution in [3.63, 3.8) is 0 Å². The predicted molar refractivity (Wildman–Crippen MR) is 165 cm³/mol. The highest BCUT2D eigenvalue weighted by Gasteiger charge is 2.35. The van der Waals surface area contributed by atoms with Gasteiger partial charge in [-0.05, 0) is 66.4 Å². The van der Waals surface area contributed by atoms with Crippen LogP contribution in [0.15, 0.2) is 94.6 Å². The zero-order chi connectivity index (χ0) is 29.4. The van der Waals surface area contributed by atoms with E-state index in [0.717, 1.165) is 17.7 Å². The average molecular weight is 624 g/mol. The van der Waals surface area contributed by atoms with Crippen LogP contribution in [0, 0.1) is 5.92 Å². The molecule has 2 bridgehead atoms. The van der Waals surface area contributed by atoms with E-state index < -0.39 is 10.0 Å². The molecule has 6 rings (SSSR count). The number of sulfonamides is 1. The third-order valence-corrected chi connectivity index (χ3v) is 9.79. The minimum Gasteiger partial charge on any atom is -0.369 e. The first-order valence-corrected chi connectivity index (χ1v) is 15.8. The van der Waals surface area contributed by atoms with Crippen LogP contribution in [0.25, 0.3) is 0 Å². The van der Waals surface area contributed by atoms with E-state index in [9.17, 15) is 18.0 Å². The van der Waals surface area contributed by atoms with Crippen molar-refractivity contribution in [3.05, 3.63) is 122 Å². The molecule has 0 aliphatic carbocycles. The number of carbonyl (C=O) groups excluding carboxylic acids is 1. The Labute approximate surface area is 253 Å². The molecule has 3 aromatic carbocycles. The highest BCUT2D eigenvalue weighted by molar-refractivity contribution is 7.92. The Morgan fingerprint density at radius 2 is 1.71 bits per heavy atom. The van der Waals surface area contributed by atoms with Crippen LogP contribution in [0.2, 0.25) is 10.0 Å². The van der Waals surface area contributed by atoms with Crippen molar-refractivity contribution in [2.45, 2.75) is 30.3 Å². The third kappa shape index (κ3) is 5.77. The summed E-state index contributed by atoms with van der Waals surface area (Å²) in [6.07, 6.45) is 0.950. The summed E-state index contributed by atoms with van der Waals surface area (Å²) in [6.45, 7) is 2.07. The number of benzene rings is 3. The van der Waals surface area contributed by atoms with Gasteiger partial charge in [-0.3, -0.25) is 14.3 Å². The third-order valence-electron chi connectivity index (χ3n) is 7.83. The molecule has 2 N–H and O–H groups in total. The van der Waals surface area contributed by atoms with Crippen LogP contribution in [-0.2, 0) is 23.1 Å². The second-order valence-corrected chi connectivity index (χ2v) is 13.2. The first kappa shape index (κ1) is 28.3. The van der Waals surface area contributed by atoms with Gasteiger partial charge in [-0.25, -0.2) is 8.42 Å². The second kappa shape index (κ2) is 11.5. The summed E-state index contributed by atoms with van der Waals surface area (Å²) >= 11 is 12.3. The number of fused-ring (bicyclic) bond motifs is 4. The Bertz CT molecular complexity index is 1840. The Hall–Kier alpha value is -3.79. The Morgan fingerprint density at radius 3 is 2.52 bits per heavy atom. The molecule has 2 aliphatic rings. The van der Waals surface area contributed by atoms with Crippen molar-refractivity contribution in [1.82, 2.24) is 9.88 Å². The quantitative estimate of drug-likeness (QED) is 0.283. The zero-order valence-corrected chi connectivity index (χ0v) is 24.8. The molecule has 8 nitrogen and oxygen atoms in total. The van der Waals surface area contributed by atoms with E-state index in [1.807, 2.05) is 28.8 Å². The van der Waals surface area contributed by atoms with Crippen molar-refractivity contribution < 1.29 is 13.2 Å². The van der Waals surface area contributed by atoms with Crippen molar-refractivity contribution in [2.75, 3.05) is 22.7 Å². The lowest BCUT2D eigenvalue weighted by molar-refractivity contribution is 0.0951. The van der Waals surface area contributed by atoms with Gasteiger partial charge < -0.3 is 14.8 Å². The lowest BCUT2D eigenvalue weighted by atomic mass is 9.83. The molecule has 0 saturated carbocycles. The number of nitrogens with one attached hydrogen (secondary N) is 2. The van der Waals surface area contributed by atoms with Gasteiger partial charge in [0.2, 0.25) is 0 Å². The van der Waals surface area contributed by atoms with Crippen molar-refractivity contribution >= 4 is 50.5 Å². The molecule has 0 spiro atoms. The summed E-state index contributed by atoms with van der Waals surface area (Å²) in [7, 11) is -4.03. The monoisotopic (exact) mass is 622 g/mol. The Kier molecular flexibility index (Phi) is 7.74. The topological polar surface area (TPSA) is 101 Å². The summed E-state index contributed by atoms with van der Waals surface area (Å²) in [6, 6.07) is 23.6. The van der Waals surface area contributed by atoms with E-state index in [-0.39, 0.29) is 40.4 Å². The van der Waals surface area contributed by atoms with E-state index in [4.69, 9.17) is 23.2 Å². The fourth-order valence-corrected chi connectivity index (χ4v) is 7.45. The van der Waals surface area contributed by atoms with E-state index in [1.54, 1.807) is 48.5 Å². The molecule has 1 amide bonds. The van der Waals surface area contributed by atoms with Gasteiger partial charge >= 0.3 is 0 Å². The van der Waals surface area contributed by atoms with E-state index in [1.165, 1.54) is 12.1 Å². The highest BCUT2D eigenvalue weighted by Crippen LogP contribution is 2.40. The standard InChI is InChI=1S/C31H28Cl2N4O4S/c32-24-6-3-7-25(15-24)42(40,41)35-27-14-21(31(39)34-16-22-5-1-2-8-26(22)33)11-12-29(27)36-17-20-13-23(19-36)28-9-4-10-30(38)37(28)18-20/h1-12,14-15,20,23,35H,13,16-19H2,(H,34,39). The average Bonchev–Trinajstić information content (AvgIpc) is 2.97. The predicted octanol–water partition coefficient (Wildman–Crippen LogP) is 5.51. The van der Waals surface area contributed by atoms with E-state index in [0.29, 0.717) is 40.9 Å². The summed E-state index contributed by atoms with van der Waals surface area (Å²) in [5, 5.41) is 3.71. The molecule has 11 heteroatoms. The normalized spacial score (nSPS) is 17.8. The largest absolute Gasteiger partial charge is 0.369 e. The molecule has 4 aromatic rings. The maximum absolute atomic E-state index is 13.5. The van der Waals surface area contributed by atoms with Gasteiger partial charge in [0.15, 0.2) is 0 Å². The molecular weight excluding hydrogens is 595 g/mol. The summed E-state index contributed by atoms with van der Waals surface area (Å²) in [5.41, 5.74) is 2.99. The van der Waals surface area contributed by atoms with Crippen LogP contribution in [0.1, 0.15) is 34.0 Å². The van der Waals surface area contributed by atoms with E-state index >= 15 is 0 Å². The lowest BCUT2D eigenvalue weighted by Gasteiger charge is -2.44. The summed E-state index contributed by atoms with van der Waals surface area (Å²) < 4.78 is 31.5. The molecule has 0 radical (unpaired) electrons. The minimum atomic E-state index is -4.03. The Balaban J connectivity index is 1.33. The number of aromatic nitrogens is 1. The molecular formula is C31H28Cl2N4O4S. The van der Waals surface area contributed by atoms with Crippen LogP contribution in [0.5, 0.6) is 0 Å². The maximum Gasteiger partial charge on any atom is 0.262 e. The SMILES string of the molecule is O=C(NCc1ccccc1Cl)c1ccc(N2CC3CC(C2)c2cccc(=O)n2C3)c(NS(=O)(=O)c2cccc(Cl)c2)c1. The number of nitrogens with zero attached hydrogens (tertiary/aromatic N) is 2. The molecule has 1 saturated heterocycles. The molecule has 2 aliphatic heterocycles. The lowest BCUT2D eigenvalue weighted by Crippen LogP contribution is -2.47. The van der Waals surface area contributed by atoms with Crippen LogP contribution in [0.3, 0.4) is 0 Å². The number of anilines is 2. The number of halogens is 2. The number of pyridine rings is 1. The molecule has 42 heavy (non-hydrogen) atoms. The first-order valence-electron chi connectivity index (χ1n) is 13.6. The second-order valence-electron chi connectivity index (χ2n) is 10.7. The zero-order valence-electron chi connectivity index (χ0n) is 22.5. The molecule has 2 unspecified atom stereocenters. The van der Waals surface area contributed by atoms with Gasteiger partial charge in [0.25, 0.3) is 21.5 Å². The molecule has 216 valence electrons. The van der Waals surface area contributed by atoms with Crippen molar-refractivity contribution in [2.24, 2.45) is 5.92 Å². The van der Waals surface area contributed by atoms with Crippen molar-refractivity contribution in [3.8, 4) is 0 Å². The smallest absolute Gasteiger partial charge is 0.262 e. The number of hydrogen-bond acceptors (Lipinski definition) is 5. The van der Waals surface area contributed by atoms with Crippen molar-refractivity contribution in [1.29, 1.82) is 0 Å². The van der Waals surface area contributed by atoms with Gasteiger partial charge in [-0.2, -0.15) is 0 Å². The van der Waals surface area contributed by atoms with Crippen LogP contribution in [-0.4, -0.2) is 32.0 Å². The highest BCUT2D eigenvalue weighted by atomic mass is 35.5. The summed E-state index contributed by atoms with van der Waals surface area (Å²) in [4.78, 5) is 27.8. The van der Waals surface area contributed by atoms with Gasteiger partial charge in [0, 0.05) is 59.5 Å². The summed E-state index contributed by atoms with van der Waals surface area (Å²) in [5.74, 6) is -0.0387. The fourth-order valence-electron chi connectivity index (χ4n) is 5.89. The van der Waals surface area contributed by atoms with Gasteiger partial charge in [0.05, 0.1) is 16.3 Å². The van der Waals surface area contributed by atoms with Crippen LogP contribution < -0.4 is 20.5 Å². The maximum atomic E-state index is 13.5. The number of rotatable bonds is 7. The van der Waals surface area contributed by atoms with E-state index in [2.05, 4.69) is 14.9 Å². The fraction of sp³-hybridized carbons (Fsp3) is 0.226. The van der Waals surface area contributed by atoms with Crippen LogP contribution in [0.4, 0.5) is 11.4 Å². The Morgan fingerprint density at radius 1 is 0.905 bits per heavy atom. The molecule has 2 atom stereocenters. The van der Waals surface area contributed by atoms with Crippen LogP contribution >= 0.6 is 23.2 Å². The number of hydrogen-bond donors (Lipinski definition) is 2. The molecule has 1 fully saturated rings. The number of amides is 1. The minimum absolute atomic E-state index is 0.00206. The molecule has 1 aromatic heterocycles.